The topological polar surface area (TPSA) is 72.2 Å². The average Bonchev–Trinajstić information content (AvgIpc) is 2.24. The summed E-state index contributed by atoms with van der Waals surface area (Å²) in [7, 11) is -3.24. The molecule has 17 heavy (non-hydrogen) atoms. The number of hydrogen-bond acceptors (Lipinski definition) is 3. The second-order valence-electron chi connectivity index (χ2n) is 5.39. The molecule has 4 unspecified atom stereocenters. The Bertz CT molecular complexity index is 325. The number of hydrogen-bond donors (Lipinski definition) is 2. The van der Waals surface area contributed by atoms with Gasteiger partial charge in [-0.15, -0.1) is 0 Å². The Kier molecular flexibility index (Phi) is 5.41. The van der Waals surface area contributed by atoms with Crippen molar-refractivity contribution >= 4 is 10.0 Å². The van der Waals surface area contributed by atoms with E-state index in [4.69, 9.17) is 5.73 Å². The summed E-state index contributed by atoms with van der Waals surface area (Å²) in [6, 6.07) is 0.104. The molecule has 4 nitrogen and oxygen atoms in total. The fourth-order valence-electron chi connectivity index (χ4n) is 2.50. The van der Waals surface area contributed by atoms with E-state index in [1.807, 2.05) is 6.92 Å². The molecular weight excluding hydrogens is 236 g/mol. The van der Waals surface area contributed by atoms with Gasteiger partial charge in [-0.1, -0.05) is 20.8 Å². The van der Waals surface area contributed by atoms with Gasteiger partial charge >= 0.3 is 0 Å². The molecule has 1 saturated carbocycles. The third kappa shape index (κ3) is 3.93. The number of sulfonamides is 1. The second kappa shape index (κ2) is 6.16. The zero-order valence-corrected chi connectivity index (χ0v) is 12.0. The molecule has 4 atom stereocenters. The molecule has 0 aliphatic heterocycles. The van der Waals surface area contributed by atoms with Gasteiger partial charge in [0.2, 0.25) is 10.0 Å². The van der Waals surface area contributed by atoms with Crippen LogP contribution in [0.3, 0.4) is 0 Å². The monoisotopic (exact) mass is 262 g/mol. The number of nitrogens with one attached hydrogen (secondary N) is 1. The van der Waals surface area contributed by atoms with Gasteiger partial charge < -0.3 is 5.73 Å². The lowest BCUT2D eigenvalue weighted by atomic mass is 9.79. The molecule has 0 saturated heterocycles. The summed E-state index contributed by atoms with van der Waals surface area (Å²) in [5, 5.41) is -0.447. The largest absolute Gasteiger partial charge is 0.329 e. The van der Waals surface area contributed by atoms with Crippen LogP contribution in [-0.4, -0.2) is 26.3 Å². The first-order chi connectivity index (χ1) is 7.90. The Morgan fingerprint density at radius 2 is 1.94 bits per heavy atom. The van der Waals surface area contributed by atoms with Crippen LogP contribution >= 0.6 is 0 Å². The molecule has 0 radical (unpaired) electrons. The Morgan fingerprint density at radius 1 is 1.29 bits per heavy atom. The minimum atomic E-state index is -3.24. The number of rotatable bonds is 5. The van der Waals surface area contributed by atoms with Crippen LogP contribution in [0.1, 0.15) is 46.5 Å². The molecule has 0 amide bonds. The Labute approximate surface area is 105 Å². The molecule has 102 valence electrons. The molecule has 1 fully saturated rings. The van der Waals surface area contributed by atoms with E-state index in [-0.39, 0.29) is 12.6 Å². The van der Waals surface area contributed by atoms with Gasteiger partial charge in [0.1, 0.15) is 0 Å². The standard InChI is InChI=1S/C12H26N2O2S/c1-4-12(8-13)17(15,16)14-11-6-5-9(2)10(3)7-11/h9-12,14H,4-8,13H2,1-3H3. The summed E-state index contributed by atoms with van der Waals surface area (Å²) in [6.45, 7) is 6.50. The molecule has 0 aromatic rings. The molecule has 0 spiro atoms. The fraction of sp³-hybridized carbons (Fsp3) is 1.00. The molecule has 0 heterocycles. The molecule has 0 aromatic carbocycles. The summed E-state index contributed by atoms with van der Waals surface area (Å²) >= 11 is 0. The summed E-state index contributed by atoms with van der Waals surface area (Å²) in [5.41, 5.74) is 5.50. The molecule has 0 bridgehead atoms. The van der Waals surface area contributed by atoms with E-state index in [0.717, 1.165) is 19.3 Å². The van der Waals surface area contributed by atoms with Gasteiger partial charge in [-0.3, -0.25) is 0 Å². The lowest BCUT2D eigenvalue weighted by molar-refractivity contribution is 0.241. The first-order valence-electron chi connectivity index (χ1n) is 6.61. The smallest absolute Gasteiger partial charge is 0.215 e. The minimum absolute atomic E-state index is 0.104. The van der Waals surface area contributed by atoms with E-state index in [0.29, 0.717) is 18.3 Å². The van der Waals surface area contributed by atoms with Crippen molar-refractivity contribution in [2.24, 2.45) is 17.6 Å². The Balaban J connectivity index is 2.59. The van der Waals surface area contributed by atoms with Gasteiger partial charge in [0.25, 0.3) is 0 Å². The van der Waals surface area contributed by atoms with Crippen LogP contribution in [0.15, 0.2) is 0 Å². The van der Waals surface area contributed by atoms with E-state index >= 15 is 0 Å². The molecule has 0 aromatic heterocycles. The van der Waals surface area contributed by atoms with E-state index in [9.17, 15) is 8.42 Å². The highest BCUT2D eigenvalue weighted by Gasteiger charge is 2.30. The van der Waals surface area contributed by atoms with Gasteiger partial charge in [-0.05, 0) is 37.5 Å². The molecule has 5 heteroatoms. The van der Waals surface area contributed by atoms with Crippen molar-refractivity contribution in [2.45, 2.75) is 57.7 Å². The second-order valence-corrected chi connectivity index (χ2v) is 7.39. The van der Waals surface area contributed by atoms with Crippen molar-refractivity contribution in [3.8, 4) is 0 Å². The normalized spacial score (nSPS) is 32.4. The summed E-state index contributed by atoms with van der Waals surface area (Å²) in [4.78, 5) is 0. The van der Waals surface area contributed by atoms with Crippen LogP contribution in [0.4, 0.5) is 0 Å². The van der Waals surface area contributed by atoms with E-state index < -0.39 is 15.3 Å². The first-order valence-corrected chi connectivity index (χ1v) is 8.16. The lowest BCUT2D eigenvalue weighted by Gasteiger charge is -2.33. The molecule has 1 rings (SSSR count). The Hall–Kier alpha value is -0.130. The zero-order chi connectivity index (χ0) is 13.1. The van der Waals surface area contributed by atoms with E-state index in [1.165, 1.54) is 0 Å². The summed E-state index contributed by atoms with van der Waals surface area (Å²) in [5.74, 6) is 1.29. The van der Waals surface area contributed by atoms with Crippen LogP contribution in [0.25, 0.3) is 0 Å². The van der Waals surface area contributed by atoms with Crippen molar-refractivity contribution in [3.05, 3.63) is 0 Å². The van der Waals surface area contributed by atoms with Crippen molar-refractivity contribution in [3.63, 3.8) is 0 Å². The van der Waals surface area contributed by atoms with E-state index in [1.54, 1.807) is 0 Å². The van der Waals surface area contributed by atoms with Gasteiger partial charge in [0, 0.05) is 12.6 Å². The predicted octanol–water partition coefficient (Wildman–Crippen LogP) is 1.47. The van der Waals surface area contributed by atoms with Gasteiger partial charge in [0.15, 0.2) is 0 Å². The number of nitrogens with two attached hydrogens (primary N) is 1. The average molecular weight is 262 g/mol. The fourth-order valence-corrected chi connectivity index (χ4v) is 4.06. The first kappa shape index (κ1) is 14.9. The maximum atomic E-state index is 12.1. The van der Waals surface area contributed by atoms with Gasteiger partial charge in [-0.25, -0.2) is 13.1 Å². The van der Waals surface area contributed by atoms with Gasteiger partial charge in [-0.2, -0.15) is 0 Å². The molecular formula is C12H26N2O2S. The quantitative estimate of drug-likeness (QED) is 0.788. The van der Waals surface area contributed by atoms with Crippen LogP contribution in [0, 0.1) is 11.8 Å². The van der Waals surface area contributed by atoms with Crippen molar-refractivity contribution in [2.75, 3.05) is 6.54 Å². The summed E-state index contributed by atoms with van der Waals surface area (Å²) in [6.07, 6.45) is 3.57. The van der Waals surface area contributed by atoms with Crippen molar-refractivity contribution in [1.29, 1.82) is 0 Å². The third-order valence-electron chi connectivity index (χ3n) is 4.09. The van der Waals surface area contributed by atoms with E-state index in [2.05, 4.69) is 18.6 Å². The molecule has 1 aliphatic carbocycles. The van der Waals surface area contributed by atoms with Crippen molar-refractivity contribution in [1.82, 2.24) is 4.72 Å². The van der Waals surface area contributed by atoms with Crippen LogP contribution in [-0.2, 0) is 10.0 Å². The molecule has 3 N–H and O–H groups in total. The van der Waals surface area contributed by atoms with Crippen LogP contribution in [0.2, 0.25) is 0 Å². The maximum Gasteiger partial charge on any atom is 0.215 e. The van der Waals surface area contributed by atoms with Crippen molar-refractivity contribution < 1.29 is 8.42 Å². The minimum Gasteiger partial charge on any atom is -0.329 e. The third-order valence-corrected chi connectivity index (χ3v) is 6.15. The molecule has 1 aliphatic rings. The highest BCUT2D eigenvalue weighted by atomic mass is 32.2. The predicted molar refractivity (Wildman–Crippen MR) is 71.2 cm³/mol. The highest BCUT2D eigenvalue weighted by Crippen LogP contribution is 2.29. The lowest BCUT2D eigenvalue weighted by Crippen LogP contribution is -2.46. The van der Waals surface area contributed by atoms with Crippen LogP contribution < -0.4 is 10.5 Å². The zero-order valence-electron chi connectivity index (χ0n) is 11.1. The highest BCUT2D eigenvalue weighted by molar-refractivity contribution is 7.90. The summed E-state index contributed by atoms with van der Waals surface area (Å²) < 4.78 is 27.0. The SMILES string of the molecule is CCC(CN)S(=O)(=O)NC1CCC(C)C(C)C1. The Morgan fingerprint density at radius 3 is 2.41 bits per heavy atom. The van der Waals surface area contributed by atoms with Crippen LogP contribution in [0.5, 0.6) is 0 Å². The maximum absolute atomic E-state index is 12.1. The van der Waals surface area contributed by atoms with Gasteiger partial charge in [0.05, 0.1) is 5.25 Å².